The van der Waals surface area contributed by atoms with Gasteiger partial charge in [-0.05, 0) is 44.9 Å². The van der Waals surface area contributed by atoms with E-state index in [1.165, 1.54) is 19.3 Å². The molecule has 0 bridgehead atoms. The van der Waals surface area contributed by atoms with Crippen LogP contribution in [-0.4, -0.2) is 38.1 Å². The van der Waals surface area contributed by atoms with Crippen molar-refractivity contribution in [3.05, 3.63) is 0 Å². The third-order valence-electron chi connectivity index (χ3n) is 4.51. The Balaban J connectivity index is 1.67. The van der Waals surface area contributed by atoms with Crippen molar-refractivity contribution in [1.29, 1.82) is 0 Å². The molecule has 2 aliphatic rings. The van der Waals surface area contributed by atoms with Gasteiger partial charge in [-0.25, -0.2) is 0 Å². The lowest BCUT2D eigenvalue weighted by Gasteiger charge is -2.48. The molecule has 0 spiro atoms. The molecule has 17 heavy (non-hydrogen) atoms. The summed E-state index contributed by atoms with van der Waals surface area (Å²) in [6, 6.07) is 0. The first kappa shape index (κ1) is 13.3. The molecule has 2 atom stereocenters. The molecule has 0 radical (unpaired) electrons. The molecule has 0 aliphatic carbocycles. The minimum absolute atomic E-state index is 0.00482. The second-order valence-corrected chi connectivity index (χ2v) is 6.16. The van der Waals surface area contributed by atoms with Crippen LogP contribution in [0.25, 0.3) is 0 Å². The van der Waals surface area contributed by atoms with Crippen molar-refractivity contribution in [3.8, 4) is 0 Å². The van der Waals surface area contributed by atoms with Gasteiger partial charge < -0.3 is 14.2 Å². The molecule has 100 valence electrons. The summed E-state index contributed by atoms with van der Waals surface area (Å²) in [4.78, 5) is 0. The molecule has 3 nitrogen and oxygen atoms in total. The molecular formula is C14H26O3. The molecule has 0 aromatic carbocycles. The lowest BCUT2D eigenvalue weighted by atomic mass is 9.68. The molecule has 2 heterocycles. The first-order chi connectivity index (χ1) is 8.04. The number of epoxide rings is 1. The van der Waals surface area contributed by atoms with Crippen LogP contribution in [0.1, 0.15) is 46.5 Å². The van der Waals surface area contributed by atoms with Crippen LogP contribution in [-0.2, 0) is 14.2 Å². The van der Waals surface area contributed by atoms with Gasteiger partial charge in [0.15, 0.2) is 0 Å². The Morgan fingerprint density at radius 2 is 2.06 bits per heavy atom. The van der Waals surface area contributed by atoms with E-state index in [2.05, 4.69) is 20.8 Å². The molecule has 2 saturated heterocycles. The minimum Gasteiger partial charge on any atom is -0.379 e. The fraction of sp³-hybridized carbons (Fsp3) is 1.00. The summed E-state index contributed by atoms with van der Waals surface area (Å²) in [7, 11) is 0. The number of hydrogen-bond acceptors (Lipinski definition) is 3. The van der Waals surface area contributed by atoms with E-state index in [0.717, 1.165) is 32.8 Å². The highest BCUT2D eigenvalue weighted by Crippen LogP contribution is 2.45. The molecule has 2 aliphatic heterocycles. The predicted molar refractivity (Wildman–Crippen MR) is 67.2 cm³/mol. The maximum absolute atomic E-state index is 5.93. The smallest absolute Gasteiger partial charge is 0.104 e. The van der Waals surface area contributed by atoms with E-state index in [0.29, 0.717) is 11.5 Å². The largest absolute Gasteiger partial charge is 0.379 e. The normalized spacial score (nSPS) is 35.8. The SMILES string of the molecule is CC1(CCCOCC2CO2)CCCOC1(C)C. The fourth-order valence-corrected chi connectivity index (χ4v) is 2.63. The zero-order valence-corrected chi connectivity index (χ0v) is 11.5. The Kier molecular flexibility index (Phi) is 4.11. The van der Waals surface area contributed by atoms with Crippen LogP contribution in [0.3, 0.4) is 0 Å². The third-order valence-corrected chi connectivity index (χ3v) is 4.51. The molecule has 3 heteroatoms. The van der Waals surface area contributed by atoms with E-state index in [1.54, 1.807) is 0 Å². The highest BCUT2D eigenvalue weighted by atomic mass is 16.6. The zero-order valence-electron chi connectivity index (χ0n) is 11.5. The van der Waals surface area contributed by atoms with Gasteiger partial charge in [0, 0.05) is 13.2 Å². The van der Waals surface area contributed by atoms with Gasteiger partial charge in [0.25, 0.3) is 0 Å². The van der Waals surface area contributed by atoms with Gasteiger partial charge in [-0.3, -0.25) is 0 Å². The van der Waals surface area contributed by atoms with Crippen molar-refractivity contribution in [2.75, 3.05) is 26.4 Å². The molecule has 2 rings (SSSR count). The van der Waals surface area contributed by atoms with Gasteiger partial charge in [0.2, 0.25) is 0 Å². The average Bonchev–Trinajstić information content (AvgIpc) is 3.06. The third kappa shape index (κ3) is 3.43. The first-order valence-electron chi connectivity index (χ1n) is 6.87. The van der Waals surface area contributed by atoms with E-state index in [9.17, 15) is 0 Å². The van der Waals surface area contributed by atoms with Crippen LogP contribution < -0.4 is 0 Å². The summed E-state index contributed by atoms with van der Waals surface area (Å²) >= 11 is 0. The van der Waals surface area contributed by atoms with Gasteiger partial charge in [-0.15, -0.1) is 0 Å². The van der Waals surface area contributed by atoms with Gasteiger partial charge >= 0.3 is 0 Å². The number of hydrogen-bond donors (Lipinski definition) is 0. The number of ether oxygens (including phenoxy) is 3. The fourth-order valence-electron chi connectivity index (χ4n) is 2.63. The second kappa shape index (κ2) is 5.25. The summed E-state index contributed by atoms with van der Waals surface area (Å²) < 4.78 is 16.6. The average molecular weight is 242 g/mol. The molecule has 0 saturated carbocycles. The van der Waals surface area contributed by atoms with Gasteiger partial charge in [0.1, 0.15) is 6.10 Å². The molecule has 0 aromatic rings. The van der Waals surface area contributed by atoms with Crippen molar-refractivity contribution < 1.29 is 14.2 Å². The van der Waals surface area contributed by atoms with E-state index < -0.39 is 0 Å². The van der Waals surface area contributed by atoms with Crippen LogP contribution in [0.2, 0.25) is 0 Å². The van der Waals surface area contributed by atoms with Crippen molar-refractivity contribution in [2.45, 2.75) is 58.2 Å². The lowest BCUT2D eigenvalue weighted by Crippen LogP contribution is -2.47. The Hall–Kier alpha value is -0.120. The summed E-state index contributed by atoms with van der Waals surface area (Å²) in [5.41, 5.74) is 0.301. The van der Waals surface area contributed by atoms with Crippen LogP contribution in [0.15, 0.2) is 0 Å². The summed E-state index contributed by atoms with van der Waals surface area (Å²) in [6.07, 6.45) is 5.16. The molecule has 0 N–H and O–H groups in total. The van der Waals surface area contributed by atoms with Gasteiger partial charge in [-0.1, -0.05) is 6.92 Å². The topological polar surface area (TPSA) is 31.0 Å². The molecule has 0 amide bonds. The van der Waals surface area contributed by atoms with E-state index in [1.807, 2.05) is 0 Å². The number of rotatable bonds is 6. The summed E-state index contributed by atoms with van der Waals surface area (Å²) in [6.45, 7) is 10.2. The van der Waals surface area contributed by atoms with Crippen LogP contribution >= 0.6 is 0 Å². The maximum Gasteiger partial charge on any atom is 0.104 e. The minimum atomic E-state index is 0.00482. The van der Waals surface area contributed by atoms with E-state index >= 15 is 0 Å². The standard InChI is InChI=1S/C14H26O3/c1-13(2)14(3,7-5-9-17-13)6-4-8-15-10-12-11-16-12/h12H,4-11H2,1-3H3. The quantitative estimate of drug-likeness (QED) is 0.530. The Morgan fingerprint density at radius 1 is 1.29 bits per heavy atom. The first-order valence-corrected chi connectivity index (χ1v) is 6.87. The predicted octanol–water partition coefficient (Wildman–Crippen LogP) is 2.78. The Labute approximate surface area is 105 Å². The Morgan fingerprint density at radius 3 is 2.71 bits per heavy atom. The van der Waals surface area contributed by atoms with Crippen LogP contribution in [0.5, 0.6) is 0 Å². The molecular weight excluding hydrogens is 216 g/mol. The molecule has 0 aromatic heterocycles. The van der Waals surface area contributed by atoms with Crippen LogP contribution in [0, 0.1) is 5.41 Å². The zero-order chi connectivity index (χ0) is 12.4. The summed E-state index contributed by atoms with van der Waals surface area (Å²) in [5.74, 6) is 0. The van der Waals surface area contributed by atoms with Crippen molar-refractivity contribution in [3.63, 3.8) is 0 Å². The van der Waals surface area contributed by atoms with Crippen LogP contribution in [0.4, 0.5) is 0 Å². The highest BCUT2D eigenvalue weighted by molar-refractivity contribution is 4.93. The van der Waals surface area contributed by atoms with Crippen molar-refractivity contribution in [2.24, 2.45) is 5.41 Å². The summed E-state index contributed by atoms with van der Waals surface area (Å²) in [5, 5.41) is 0. The lowest BCUT2D eigenvalue weighted by molar-refractivity contribution is -0.146. The monoisotopic (exact) mass is 242 g/mol. The maximum atomic E-state index is 5.93. The van der Waals surface area contributed by atoms with Crippen molar-refractivity contribution >= 4 is 0 Å². The second-order valence-electron chi connectivity index (χ2n) is 6.16. The molecule has 2 fully saturated rings. The Bertz CT molecular complexity index is 248. The molecule has 2 unspecified atom stereocenters. The van der Waals surface area contributed by atoms with Gasteiger partial charge in [-0.2, -0.15) is 0 Å². The van der Waals surface area contributed by atoms with E-state index in [4.69, 9.17) is 14.2 Å². The van der Waals surface area contributed by atoms with Crippen molar-refractivity contribution in [1.82, 2.24) is 0 Å². The van der Waals surface area contributed by atoms with E-state index in [-0.39, 0.29) is 5.60 Å². The highest BCUT2D eigenvalue weighted by Gasteiger charge is 2.43. The van der Waals surface area contributed by atoms with Gasteiger partial charge in [0.05, 0.1) is 18.8 Å².